The minimum atomic E-state index is -4.51. The van der Waals surface area contributed by atoms with Crippen molar-refractivity contribution in [2.24, 2.45) is 4.99 Å². The number of benzene rings is 3. The normalized spacial score (nSPS) is 16.0. The Hall–Kier alpha value is -4.01. The third-order valence-corrected chi connectivity index (χ3v) is 7.87. The Morgan fingerprint density at radius 3 is 2.20 bits per heavy atom. The highest BCUT2D eigenvalue weighted by Crippen LogP contribution is 2.45. The molecular weight excluding hydrogens is 580 g/mol. The van der Waals surface area contributed by atoms with Crippen molar-refractivity contribution in [3.05, 3.63) is 95.3 Å². The molecule has 9 heteroatoms. The average molecular weight is 627 g/mol. The van der Waals surface area contributed by atoms with Gasteiger partial charge in [-0.2, -0.15) is 13.2 Å². The molecular formula is C36H46F4N4O. The monoisotopic (exact) mass is 626 g/mol. The number of anilines is 2. The Kier molecular flexibility index (Phi) is 12.5. The molecule has 5 rings (SSSR count). The summed E-state index contributed by atoms with van der Waals surface area (Å²) in [5.74, 6) is 0.755. The number of rotatable bonds is 6. The second kappa shape index (κ2) is 15.8. The summed E-state index contributed by atoms with van der Waals surface area (Å²) in [6, 6.07) is 15.9. The SMILES string of the molecule is C=C(CC)CC1c2cccc(F)c2N=C(N2CCN(c3cccc(OC)c3)CC2)N1c1cc(C(F)(F)F)ccc1C.CC.CC. The molecule has 244 valence electrons. The molecule has 1 saturated heterocycles. The molecule has 1 fully saturated rings. The molecule has 0 saturated carbocycles. The fourth-order valence-corrected chi connectivity index (χ4v) is 5.49. The first-order valence-corrected chi connectivity index (χ1v) is 15.8. The number of hydrogen-bond acceptors (Lipinski definition) is 5. The number of hydrogen-bond donors (Lipinski definition) is 0. The van der Waals surface area contributed by atoms with E-state index in [-0.39, 0.29) is 5.69 Å². The van der Waals surface area contributed by atoms with E-state index in [2.05, 4.69) is 11.5 Å². The van der Waals surface area contributed by atoms with Gasteiger partial charge < -0.3 is 19.4 Å². The Labute approximate surface area is 265 Å². The first-order valence-electron chi connectivity index (χ1n) is 15.8. The maximum absolute atomic E-state index is 15.3. The summed E-state index contributed by atoms with van der Waals surface area (Å²) in [6.45, 7) is 18.4. The van der Waals surface area contributed by atoms with Gasteiger partial charge in [-0.3, -0.25) is 0 Å². The van der Waals surface area contributed by atoms with Gasteiger partial charge in [0, 0.05) is 49.2 Å². The molecule has 0 spiro atoms. The number of nitrogens with zero attached hydrogens (tertiary/aromatic N) is 4. The highest BCUT2D eigenvalue weighted by atomic mass is 19.4. The molecule has 3 aromatic carbocycles. The van der Waals surface area contributed by atoms with Gasteiger partial charge in [-0.15, -0.1) is 0 Å². The van der Waals surface area contributed by atoms with Crippen molar-refractivity contribution in [1.29, 1.82) is 0 Å². The van der Waals surface area contributed by atoms with E-state index < -0.39 is 23.6 Å². The Bertz CT molecular complexity index is 1460. The van der Waals surface area contributed by atoms with Gasteiger partial charge in [-0.25, -0.2) is 9.38 Å². The molecule has 5 nitrogen and oxygen atoms in total. The Morgan fingerprint density at radius 1 is 0.933 bits per heavy atom. The van der Waals surface area contributed by atoms with Crippen molar-refractivity contribution < 1.29 is 22.3 Å². The lowest BCUT2D eigenvalue weighted by molar-refractivity contribution is -0.137. The number of ether oxygens (including phenoxy) is 1. The summed E-state index contributed by atoms with van der Waals surface area (Å²) in [5, 5.41) is 0. The second-order valence-corrected chi connectivity index (χ2v) is 10.5. The van der Waals surface area contributed by atoms with E-state index >= 15 is 4.39 Å². The lowest BCUT2D eigenvalue weighted by Crippen LogP contribution is -2.55. The minimum absolute atomic E-state index is 0.229. The summed E-state index contributed by atoms with van der Waals surface area (Å²) >= 11 is 0. The fourth-order valence-electron chi connectivity index (χ4n) is 5.49. The molecule has 0 radical (unpaired) electrons. The van der Waals surface area contributed by atoms with Gasteiger partial charge in [0.05, 0.1) is 18.7 Å². The predicted molar refractivity (Wildman–Crippen MR) is 178 cm³/mol. The zero-order chi connectivity index (χ0) is 33.3. The van der Waals surface area contributed by atoms with Crippen molar-refractivity contribution >= 4 is 23.0 Å². The summed E-state index contributed by atoms with van der Waals surface area (Å²) in [7, 11) is 1.63. The third-order valence-electron chi connectivity index (χ3n) is 7.87. The van der Waals surface area contributed by atoms with Crippen LogP contribution in [0.2, 0.25) is 0 Å². The van der Waals surface area contributed by atoms with Crippen molar-refractivity contribution in [2.75, 3.05) is 43.1 Å². The van der Waals surface area contributed by atoms with E-state index in [1.807, 2.05) is 74.8 Å². The van der Waals surface area contributed by atoms with Crippen LogP contribution in [0.4, 0.5) is 34.6 Å². The van der Waals surface area contributed by atoms with Crippen LogP contribution in [0.1, 0.15) is 70.2 Å². The van der Waals surface area contributed by atoms with E-state index in [1.54, 1.807) is 20.1 Å². The number of fused-ring (bicyclic) bond motifs is 1. The quantitative estimate of drug-likeness (QED) is 0.201. The van der Waals surface area contributed by atoms with E-state index in [9.17, 15) is 13.2 Å². The van der Waals surface area contributed by atoms with Crippen LogP contribution in [0.15, 0.2) is 77.8 Å². The van der Waals surface area contributed by atoms with Crippen LogP contribution in [0, 0.1) is 12.7 Å². The van der Waals surface area contributed by atoms with Gasteiger partial charge in [-0.1, -0.05) is 71.0 Å². The molecule has 0 bridgehead atoms. The lowest BCUT2D eigenvalue weighted by Gasteiger charge is -2.46. The molecule has 0 aliphatic carbocycles. The maximum Gasteiger partial charge on any atom is 0.416 e. The van der Waals surface area contributed by atoms with Crippen LogP contribution in [-0.2, 0) is 6.18 Å². The summed E-state index contributed by atoms with van der Waals surface area (Å²) in [5.41, 5.74) is 3.14. The number of halogens is 4. The van der Waals surface area contributed by atoms with Crippen LogP contribution in [0.3, 0.4) is 0 Å². The zero-order valence-corrected chi connectivity index (χ0v) is 27.5. The minimum Gasteiger partial charge on any atom is -0.497 e. The molecule has 2 aliphatic heterocycles. The number of guanidine groups is 1. The molecule has 45 heavy (non-hydrogen) atoms. The topological polar surface area (TPSA) is 31.3 Å². The Morgan fingerprint density at radius 2 is 1.58 bits per heavy atom. The van der Waals surface area contributed by atoms with Gasteiger partial charge in [0.2, 0.25) is 5.96 Å². The number of aryl methyl sites for hydroxylation is 1. The smallest absolute Gasteiger partial charge is 0.416 e. The van der Waals surface area contributed by atoms with Gasteiger partial charge in [0.1, 0.15) is 17.3 Å². The summed E-state index contributed by atoms with van der Waals surface area (Å²) in [4.78, 5) is 11.0. The third kappa shape index (κ3) is 7.99. The van der Waals surface area contributed by atoms with Crippen molar-refractivity contribution in [1.82, 2.24) is 4.90 Å². The predicted octanol–water partition coefficient (Wildman–Crippen LogP) is 9.94. The molecule has 0 N–H and O–H groups in total. The molecule has 1 atom stereocenters. The molecule has 0 aromatic heterocycles. The summed E-state index contributed by atoms with van der Waals surface area (Å²) < 4.78 is 62.3. The fraction of sp³-hybridized carbons (Fsp3) is 0.417. The van der Waals surface area contributed by atoms with Crippen molar-refractivity contribution in [2.45, 2.75) is 66.6 Å². The molecule has 2 heterocycles. The van der Waals surface area contributed by atoms with Gasteiger partial charge in [0.25, 0.3) is 0 Å². The Balaban J connectivity index is 0.00000133. The number of para-hydroxylation sites is 1. The van der Waals surface area contributed by atoms with E-state index in [0.717, 1.165) is 23.1 Å². The molecule has 0 amide bonds. The highest BCUT2D eigenvalue weighted by Gasteiger charge is 2.38. The van der Waals surface area contributed by atoms with Gasteiger partial charge in [-0.05, 0) is 55.7 Å². The molecule has 3 aromatic rings. The van der Waals surface area contributed by atoms with Gasteiger partial charge in [0.15, 0.2) is 0 Å². The number of alkyl halides is 3. The molecule has 1 unspecified atom stereocenters. The van der Waals surface area contributed by atoms with Crippen LogP contribution in [0.25, 0.3) is 0 Å². The van der Waals surface area contributed by atoms with Crippen molar-refractivity contribution in [3.8, 4) is 5.75 Å². The lowest BCUT2D eigenvalue weighted by atomic mass is 9.92. The first kappa shape index (κ1) is 35.5. The van der Waals surface area contributed by atoms with Crippen LogP contribution < -0.4 is 14.5 Å². The largest absolute Gasteiger partial charge is 0.497 e. The molecule has 2 aliphatic rings. The first-order chi connectivity index (χ1) is 21.6. The number of methoxy groups -OCH3 is 1. The zero-order valence-electron chi connectivity index (χ0n) is 27.5. The maximum atomic E-state index is 15.3. The van der Waals surface area contributed by atoms with E-state index in [1.165, 1.54) is 18.2 Å². The van der Waals surface area contributed by atoms with Crippen LogP contribution in [-0.4, -0.2) is 44.1 Å². The summed E-state index contributed by atoms with van der Waals surface area (Å²) in [6.07, 6.45) is -3.36. The van der Waals surface area contributed by atoms with Crippen molar-refractivity contribution in [3.63, 3.8) is 0 Å². The number of aliphatic imine (C=N–C) groups is 1. The van der Waals surface area contributed by atoms with Gasteiger partial charge >= 0.3 is 6.18 Å². The number of piperazine rings is 1. The standard InChI is InChI=1S/C32H34F4N4O.2C2H6/c1-5-21(2)18-29-26-10-7-11-27(33)30(26)37-31(40(29)28-19-23(32(34,35)36)13-12-22(28)3)39-16-14-38(15-17-39)24-8-6-9-25(20-24)41-4;2*1-2/h6-13,19-20,29H,2,5,14-18H2,1,3-4H3;2*1-2H3. The van der Waals surface area contributed by atoms with E-state index in [4.69, 9.17) is 9.73 Å². The van der Waals surface area contributed by atoms with E-state index in [0.29, 0.717) is 61.8 Å². The van der Waals surface area contributed by atoms with Crippen LogP contribution >= 0.6 is 0 Å². The highest BCUT2D eigenvalue weighted by molar-refractivity contribution is 6.01. The second-order valence-electron chi connectivity index (χ2n) is 10.5. The average Bonchev–Trinajstić information content (AvgIpc) is 3.06. The van der Waals surface area contributed by atoms with Crippen LogP contribution in [0.5, 0.6) is 5.75 Å².